The van der Waals surface area contributed by atoms with Crippen molar-refractivity contribution < 1.29 is 13.9 Å². The third-order valence-electron chi connectivity index (χ3n) is 2.77. The average molecular weight is 242 g/mol. The highest BCUT2D eigenvalue weighted by Crippen LogP contribution is 2.18. The van der Waals surface area contributed by atoms with E-state index in [9.17, 15) is 8.78 Å². The lowest BCUT2D eigenvalue weighted by Gasteiger charge is -2.09. The summed E-state index contributed by atoms with van der Waals surface area (Å²) in [5.74, 6) is -1.09. The van der Waals surface area contributed by atoms with Crippen LogP contribution in [0.4, 0.5) is 8.78 Å². The Bertz CT molecular complexity index is 338. The number of benzene rings is 1. The van der Waals surface area contributed by atoms with Gasteiger partial charge in [-0.1, -0.05) is 19.8 Å². The monoisotopic (exact) mass is 242 g/mol. The number of halogens is 2. The summed E-state index contributed by atoms with van der Waals surface area (Å²) in [5, 5.41) is 9.16. The molecule has 0 aliphatic heterocycles. The Labute approximate surface area is 101 Å². The normalized spacial score (nSPS) is 12.8. The third kappa shape index (κ3) is 4.43. The maximum atomic E-state index is 13.6. The van der Waals surface area contributed by atoms with Gasteiger partial charge in [0.05, 0.1) is 6.10 Å². The largest absolute Gasteiger partial charge is 0.393 e. The minimum Gasteiger partial charge on any atom is -0.393 e. The maximum Gasteiger partial charge on any atom is 0.129 e. The van der Waals surface area contributed by atoms with Gasteiger partial charge in [0.1, 0.15) is 11.6 Å². The molecule has 0 spiro atoms. The van der Waals surface area contributed by atoms with Crippen LogP contribution in [0.3, 0.4) is 0 Å². The van der Waals surface area contributed by atoms with E-state index in [0.29, 0.717) is 12.0 Å². The van der Waals surface area contributed by atoms with Gasteiger partial charge in [0.25, 0.3) is 0 Å². The molecule has 0 aromatic heterocycles. The molecule has 1 N–H and O–H groups in total. The van der Waals surface area contributed by atoms with Gasteiger partial charge < -0.3 is 5.11 Å². The van der Waals surface area contributed by atoms with Crippen LogP contribution in [0.2, 0.25) is 0 Å². The van der Waals surface area contributed by atoms with Crippen LogP contribution in [-0.2, 0) is 12.8 Å². The van der Waals surface area contributed by atoms with Gasteiger partial charge in [-0.3, -0.25) is 0 Å². The fourth-order valence-electron chi connectivity index (χ4n) is 1.87. The van der Waals surface area contributed by atoms with Gasteiger partial charge in [0.15, 0.2) is 0 Å². The molecule has 1 aromatic rings. The van der Waals surface area contributed by atoms with E-state index in [1.165, 1.54) is 19.1 Å². The molecule has 0 aliphatic rings. The topological polar surface area (TPSA) is 20.2 Å². The van der Waals surface area contributed by atoms with E-state index in [-0.39, 0.29) is 12.0 Å². The van der Waals surface area contributed by atoms with Crippen molar-refractivity contribution in [2.75, 3.05) is 0 Å². The molecular weight excluding hydrogens is 222 g/mol. The zero-order valence-electron chi connectivity index (χ0n) is 10.5. The van der Waals surface area contributed by atoms with E-state index in [4.69, 9.17) is 5.11 Å². The van der Waals surface area contributed by atoms with Gasteiger partial charge in [-0.15, -0.1) is 0 Å². The van der Waals surface area contributed by atoms with Crippen LogP contribution in [0.15, 0.2) is 12.1 Å². The van der Waals surface area contributed by atoms with Gasteiger partial charge in [-0.2, -0.15) is 0 Å². The Balaban J connectivity index is 2.78. The van der Waals surface area contributed by atoms with Crippen molar-refractivity contribution in [3.8, 4) is 0 Å². The summed E-state index contributed by atoms with van der Waals surface area (Å²) >= 11 is 0. The van der Waals surface area contributed by atoms with Crippen molar-refractivity contribution >= 4 is 0 Å². The first-order chi connectivity index (χ1) is 8.04. The van der Waals surface area contributed by atoms with Crippen LogP contribution in [0.5, 0.6) is 0 Å². The number of aryl methyl sites for hydroxylation is 1. The number of hydrogen-bond acceptors (Lipinski definition) is 1. The summed E-state index contributed by atoms with van der Waals surface area (Å²) in [7, 11) is 0. The SMILES string of the molecule is CCCCCc1cc(F)c(CC(C)O)c(F)c1. The molecular formula is C14H20F2O. The number of unbranched alkanes of at least 4 members (excludes halogenated alkanes) is 2. The van der Waals surface area contributed by atoms with E-state index in [0.717, 1.165) is 19.3 Å². The molecule has 0 saturated carbocycles. The lowest BCUT2D eigenvalue weighted by molar-refractivity contribution is 0.192. The first-order valence-electron chi connectivity index (χ1n) is 6.19. The molecule has 0 heterocycles. The molecule has 0 saturated heterocycles. The van der Waals surface area contributed by atoms with Crippen LogP contribution in [0.1, 0.15) is 44.2 Å². The predicted molar refractivity (Wildman–Crippen MR) is 65.0 cm³/mol. The number of rotatable bonds is 6. The zero-order chi connectivity index (χ0) is 12.8. The smallest absolute Gasteiger partial charge is 0.129 e. The summed E-state index contributed by atoms with van der Waals surface area (Å²) in [5.41, 5.74) is 0.682. The number of hydrogen-bond donors (Lipinski definition) is 1. The molecule has 0 amide bonds. The molecule has 1 nitrogen and oxygen atoms in total. The zero-order valence-corrected chi connectivity index (χ0v) is 10.5. The fourth-order valence-corrected chi connectivity index (χ4v) is 1.87. The van der Waals surface area contributed by atoms with Gasteiger partial charge in [-0.05, 0) is 37.5 Å². The first-order valence-corrected chi connectivity index (χ1v) is 6.19. The standard InChI is InChI=1S/C14H20F2O/c1-3-4-5-6-11-8-13(15)12(7-10(2)17)14(16)9-11/h8-10,17H,3-7H2,1-2H3. The summed E-state index contributed by atoms with van der Waals surface area (Å²) in [6.07, 6.45) is 3.10. The molecule has 17 heavy (non-hydrogen) atoms. The Kier molecular flexibility index (Phi) is 5.56. The number of aliphatic hydroxyl groups is 1. The second kappa shape index (κ2) is 6.70. The van der Waals surface area contributed by atoms with Gasteiger partial charge in [0.2, 0.25) is 0 Å². The second-order valence-electron chi connectivity index (χ2n) is 4.55. The van der Waals surface area contributed by atoms with Crippen molar-refractivity contribution in [3.63, 3.8) is 0 Å². The van der Waals surface area contributed by atoms with Crippen LogP contribution >= 0.6 is 0 Å². The van der Waals surface area contributed by atoms with Crippen LogP contribution in [0.25, 0.3) is 0 Å². The Hall–Kier alpha value is -0.960. The molecule has 1 atom stereocenters. The van der Waals surface area contributed by atoms with E-state index < -0.39 is 17.7 Å². The quantitative estimate of drug-likeness (QED) is 0.755. The minimum atomic E-state index is -0.732. The van der Waals surface area contributed by atoms with E-state index in [1.807, 2.05) is 0 Å². The molecule has 96 valence electrons. The lowest BCUT2D eigenvalue weighted by atomic mass is 10.0. The van der Waals surface area contributed by atoms with E-state index in [2.05, 4.69) is 6.92 Å². The third-order valence-corrected chi connectivity index (χ3v) is 2.77. The van der Waals surface area contributed by atoms with Gasteiger partial charge in [0, 0.05) is 12.0 Å². The highest BCUT2D eigenvalue weighted by atomic mass is 19.1. The van der Waals surface area contributed by atoms with Gasteiger partial charge in [-0.25, -0.2) is 8.78 Å². The first kappa shape index (κ1) is 14.1. The summed E-state index contributed by atoms with van der Waals surface area (Å²) < 4.78 is 27.3. The summed E-state index contributed by atoms with van der Waals surface area (Å²) in [6, 6.07) is 2.77. The summed E-state index contributed by atoms with van der Waals surface area (Å²) in [6.45, 7) is 3.61. The highest BCUT2D eigenvalue weighted by molar-refractivity contribution is 5.27. The molecule has 1 unspecified atom stereocenters. The highest BCUT2D eigenvalue weighted by Gasteiger charge is 2.13. The molecule has 0 radical (unpaired) electrons. The van der Waals surface area contributed by atoms with Gasteiger partial charge >= 0.3 is 0 Å². The van der Waals surface area contributed by atoms with Crippen LogP contribution in [-0.4, -0.2) is 11.2 Å². The molecule has 1 rings (SSSR count). The second-order valence-corrected chi connectivity index (χ2v) is 4.55. The van der Waals surface area contributed by atoms with Crippen molar-refractivity contribution in [2.24, 2.45) is 0 Å². The van der Waals surface area contributed by atoms with Crippen molar-refractivity contribution in [2.45, 2.75) is 52.1 Å². The molecule has 0 bridgehead atoms. The van der Waals surface area contributed by atoms with E-state index >= 15 is 0 Å². The lowest BCUT2D eigenvalue weighted by Crippen LogP contribution is -2.09. The molecule has 1 aromatic carbocycles. The summed E-state index contributed by atoms with van der Waals surface area (Å²) in [4.78, 5) is 0. The predicted octanol–water partition coefficient (Wildman–Crippen LogP) is 3.62. The Morgan fingerprint density at radius 2 is 1.76 bits per heavy atom. The molecule has 0 fully saturated rings. The van der Waals surface area contributed by atoms with E-state index in [1.54, 1.807) is 0 Å². The maximum absolute atomic E-state index is 13.6. The molecule has 3 heteroatoms. The number of aliphatic hydroxyl groups excluding tert-OH is 1. The average Bonchev–Trinajstić information content (AvgIpc) is 2.24. The minimum absolute atomic E-state index is 0.0146. The Morgan fingerprint density at radius 1 is 1.18 bits per heavy atom. The fraction of sp³-hybridized carbons (Fsp3) is 0.571. The van der Waals surface area contributed by atoms with Crippen LogP contribution < -0.4 is 0 Å². The van der Waals surface area contributed by atoms with Crippen molar-refractivity contribution in [3.05, 3.63) is 34.9 Å². The molecule has 0 aliphatic carbocycles. The van der Waals surface area contributed by atoms with Crippen molar-refractivity contribution in [1.82, 2.24) is 0 Å². The van der Waals surface area contributed by atoms with Crippen molar-refractivity contribution in [1.29, 1.82) is 0 Å². The Morgan fingerprint density at radius 3 is 2.24 bits per heavy atom. The van der Waals surface area contributed by atoms with Crippen LogP contribution in [0, 0.1) is 11.6 Å².